The van der Waals surface area contributed by atoms with E-state index in [1.165, 1.54) is 24.5 Å². The first-order valence-corrected chi connectivity index (χ1v) is 4.63. The summed E-state index contributed by atoms with van der Waals surface area (Å²) in [7, 11) is 0. The van der Waals surface area contributed by atoms with Crippen LogP contribution in [0.5, 0.6) is 5.75 Å². The van der Waals surface area contributed by atoms with Gasteiger partial charge in [0, 0.05) is 6.07 Å². The fourth-order valence-corrected chi connectivity index (χ4v) is 1.30. The first-order chi connectivity index (χ1) is 7.96. The fraction of sp³-hybridized carbons (Fsp3) is 0.200. The van der Waals surface area contributed by atoms with Gasteiger partial charge in [0.15, 0.2) is 6.61 Å². The lowest BCUT2D eigenvalue weighted by molar-refractivity contribution is -0.153. The highest BCUT2D eigenvalue weighted by Crippen LogP contribution is 2.20. The molecule has 0 bridgehead atoms. The zero-order chi connectivity index (χ0) is 12.5. The highest BCUT2D eigenvalue weighted by Gasteiger charge is 2.28. The maximum atomic E-state index is 11.9. The van der Waals surface area contributed by atoms with Gasteiger partial charge in [0.2, 0.25) is 0 Å². The molecule has 1 N–H and O–H groups in total. The van der Waals surface area contributed by atoms with Gasteiger partial charge in [-0.25, -0.2) is 4.98 Å². The van der Waals surface area contributed by atoms with Crippen LogP contribution in [0.15, 0.2) is 29.3 Å². The Morgan fingerprint density at radius 3 is 2.82 bits per heavy atom. The molecule has 0 radical (unpaired) electrons. The topological polar surface area (TPSA) is 55.0 Å². The van der Waals surface area contributed by atoms with Crippen LogP contribution < -0.4 is 10.3 Å². The predicted octanol–water partition coefficient (Wildman–Crippen LogP) is 1.86. The van der Waals surface area contributed by atoms with Crippen LogP contribution in [0.2, 0.25) is 0 Å². The number of rotatable bonds is 2. The lowest BCUT2D eigenvalue weighted by Crippen LogP contribution is -2.19. The number of alkyl halides is 3. The predicted molar refractivity (Wildman–Crippen MR) is 53.9 cm³/mol. The molecule has 0 amide bonds. The number of nitrogens with one attached hydrogen (secondary N) is 1. The number of benzene rings is 1. The maximum Gasteiger partial charge on any atom is 0.422 e. The van der Waals surface area contributed by atoms with E-state index in [4.69, 9.17) is 0 Å². The molecule has 90 valence electrons. The van der Waals surface area contributed by atoms with E-state index in [1.807, 2.05) is 0 Å². The number of H-pyrrole nitrogens is 1. The summed E-state index contributed by atoms with van der Waals surface area (Å²) in [5.74, 6) is 0.0212. The monoisotopic (exact) mass is 244 g/mol. The van der Waals surface area contributed by atoms with Crippen molar-refractivity contribution in [2.75, 3.05) is 6.61 Å². The highest BCUT2D eigenvalue weighted by molar-refractivity contribution is 5.78. The Kier molecular flexibility index (Phi) is 2.74. The molecule has 1 aromatic heterocycles. The van der Waals surface area contributed by atoms with Crippen molar-refractivity contribution in [3.63, 3.8) is 0 Å². The van der Waals surface area contributed by atoms with Crippen molar-refractivity contribution < 1.29 is 17.9 Å². The second-order valence-corrected chi connectivity index (χ2v) is 3.31. The number of fused-ring (bicyclic) bond motifs is 1. The van der Waals surface area contributed by atoms with Crippen molar-refractivity contribution in [1.29, 1.82) is 0 Å². The average Bonchev–Trinajstić information content (AvgIpc) is 2.26. The second-order valence-electron chi connectivity index (χ2n) is 3.31. The summed E-state index contributed by atoms with van der Waals surface area (Å²) >= 11 is 0. The van der Waals surface area contributed by atoms with Gasteiger partial charge in [0.25, 0.3) is 5.56 Å². The van der Waals surface area contributed by atoms with Gasteiger partial charge in [-0.1, -0.05) is 0 Å². The Bertz CT molecular complexity index is 592. The highest BCUT2D eigenvalue weighted by atomic mass is 19.4. The lowest BCUT2D eigenvalue weighted by atomic mass is 10.2. The van der Waals surface area contributed by atoms with Crippen molar-refractivity contribution in [3.8, 4) is 5.75 Å². The molecule has 7 heteroatoms. The first kappa shape index (κ1) is 11.4. The molecule has 17 heavy (non-hydrogen) atoms. The number of hydrogen-bond acceptors (Lipinski definition) is 3. The van der Waals surface area contributed by atoms with Gasteiger partial charge in [-0.2, -0.15) is 13.2 Å². The molecule has 0 saturated heterocycles. The number of ether oxygens (including phenoxy) is 1. The molecule has 2 aromatic rings. The number of aromatic amines is 1. The Balaban J connectivity index is 2.30. The molecule has 0 fully saturated rings. The standard InChI is InChI=1S/C10H7F3N2O2/c11-10(12,13)4-17-6-1-2-7-8(3-6)14-5-15-9(7)16/h1-3,5H,4H2,(H,14,15,16). The van der Waals surface area contributed by atoms with Crippen LogP contribution in [0, 0.1) is 0 Å². The van der Waals surface area contributed by atoms with Gasteiger partial charge in [-0.05, 0) is 12.1 Å². The van der Waals surface area contributed by atoms with Gasteiger partial charge >= 0.3 is 6.18 Å². The Morgan fingerprint density at radius 1 is 1.35 bits per heavy atom. The van der Waals surface area contributed by atoms with E-state index in [0.717, 1.165) is 0 Å². The van der Waals surface area contributed by atoms with Crippen LogP contribution >= 0.6 is 0 Å². The summed E-state index contributed by atoms with van der Waals surface area (Å²) in [5.41, 5.74) is -0.0641. The molecule has 0 atom stereocenters. The zero-order valence-corrected chi connectivity index (χ0v) is 8.41. The van der Waals surface area contributed by atoms with E-state index in [2.05, 4.69) is 14.7 Å². The number of hydrogen-bond donors (Lipinski definition) is 1. The molecule has 0 unspecified atom stereocenters. The number of halogens is 3. The number of nitrogens with zero attached hydrogens (tertiary/aromatic N) is 1. The fourth-order valence-electron chi connectivity index (χ4n) is 1.30. The van der Waals surface area contributed by atoms with Gasteiger partial charge in [-0.15, -0.1) is 0 Å². The third-order valence-corrected chi connectivity index (χ3v) is 2.02. The molecule has 4 nitrogen and oxygen atoms in total. The van der Waals surface area contributed by atoms with Crippen LogP contribution in [0.4, 0.5) is 13.2 Å². The molecule has 0 saturated carbocycles. The molecule has 0 spiro atoms. The minimum absolute atomic E-state index is 0.0212. The van der Waals surface area contributed by atoms with Crippen LogP contribution in [-0.4, -0.2) is 22.8 Å². The third-order valence-electron chi connectivity index (χ3n) is 2.02. The number of aromatic nitrogens is 2. The van der Waals surface area contributed by atoms with Crippen molar-refractivity contribution in [2.24, 2.45) is 0 Å². The van der Waals surface area contributed by atoms with Crippen LogP contribution in [-0.2, 0) is 0 Å². The molecular weight excluding hydrogens is 237 g/mol. The minimum atomic E-state index is -4.39. The second kappa shape index (κ2) is 4.08. The van der Waals surface area contributed by atoms with Crippen LogP contribution in [0.25, 0.3) is 10.9 Å². The average molecular weight is 244 g/mol. The smallest absolute Gasteiger partial charge is 0.422 e. The van der Waals surface area contributed by atoms with Crippen molar-refractivity contribution in [2.45, 2.75) is 6.18 Å². The summed E-state index contributed by atoms with van der Waals surface area (Å²) in [6.45, 7) is -1.37. The van der Waals surface area contributed by atoms with E-state index in [0.29, 0.717) is 5.39 Å². The molecule has 2 rings (SSSR count). The quantitative estimate of drug-likeness (QED) is 0.877. The van der Waals surface area contributed by atoms with Crippen LogP contribution in [0.3, 0.4) is 0 Å². The molecule has 0 aliphatic heterocycles. The van der Waals surface area contributed by atoms with E-state index in [-0.39, 0.29) is 16.8 Å². The summed E-state index contributed by atoms with van der Waals surface area (Å²) in [4.78, 5) is 17.5. The lowest BCUT2D eigenvalue weighted by Gasteiger charge is -2.09. The molecule has 0 aliphatic carbocycles. The van der Waals surface area contributed by atoms with E-state index < -0.39 is 12.8 Å². The van der Waals surface area contributed by atoms with Gasteiger partial charge < -0.3 is 9.72 Å². The maximum absolute atomic E-state index is 11.9. The largest absolute Gasteiger partial charge is 0.484 e. The summed E-state index contributed by atoms with van der Waals surface area (Å²) in [5, 5.41) is 0.298. The van der Waals surface area contributed by atoms with Crippen molar-refractivity contribution >= 4 is 10.9 Å². The van der Waals surface area contributed by atoms with E-state index in [1.54, 1.807) is 0 Å². The van der Waals surface area contributed by atoms with Crippen molar-refractivity contribution in [1.82, 2.24) is 9.97 Å². The summed E-state index contributed by atoms with van der Waals surface area (Å²) in [6, 6.07) is 3.95. The van der Waals surface area contributed by atoms with Gasteiger partial charge in [-0.3, -0.25) is 4.79 Å². The molecule has 0 aliphatic rings. The Labute approximate surface area is 93.1 Å². The normalized spacial score (nSPS) is 11.7. The van der Waals surface area contributed by atoms with E-state index >= 15 is 0 Å². The molecule has 1 heterocycles. The van der Waals surface area contributed by atoms with Crippen LogP contribution in [0.1, 0.15) is 0 Å². The Morgan fingerprint density at radius 2 is 2.12 bits per heavy atom. The third kappa shape index (κ3) is 2.74. The first-order valence-electron chi connectivity index (χ1n) is 4.63. The summed E-state index contributed by atoms with van der Waals surface area (Å²) in [6.07, 6.45) is -3.21. The molecular formula is C10H7F3N2O2. The van der Waals surface area contributed by atoms with Crippen molar-refractivity contribution in [3.05, 3.63) is 34.9 Å². The zero-order valence-electron chi connectivity index (χ0n) is 8.41. The van der Waals surface area contributed by atoms with Gasteiger partial charge in [0.05, 0.1) is 17.2 Å². The summed E-state index contributed by atoms with van der Waals surface area (Å²) < 4.78 is 40.3. The molecule has 1 aromatic carbocycles. The SMILES string of the molecule is O=c1[nH]cnc2cc(OCC(F)(F)F)ccc12. The van der Waals surface area contributed by atoms with Gasteiger partial charge in [0.1, 0.15) is 5.75 Å². The van der Waals surface area contributed by atoms with E-state index in [9.17, 15) is 18.0 Å². The Hall–Kier alpha value is -2.05. The minimum Gasteiger partial charge on any atom is -0.484 e.